The lowest BCUT2D eigenvalue weighted by Crippen LogP contribution is -2.35. The van der Waals surface area contributed by atoms with Crippen molar-refractivity contribution in [3.05, 3.63) is 76.6 Å². The summed E-state index contributed by atoms with van der Waals surface area (Å²) in [4.78, 5) is 26.3. The fourth-order valence-electron chi connectivity index (χ4n) is 4.22. The summed E-state index contributed by atoms with van der Waals surface area (Å²) in [6, 6.07) is 13.9. The maximum absolute atomic E-state index is 13.4. The second-order valence-electron chi connectivity index (χ2n) is 7.51. The fourth-order valence-corrected chi connectivity index (χ4v) is 4.22. The number of phenolic OH excluding ortho intramolecular Hbond substituents is 1. The molecule has 1 unspecified atom stereocenters. The van der Waals surface area contributed by atoms with Gasteiger partial charge in [-0.25, -0.2) is 0 Å². The first-order chi connectivity index (χ1) is 14.5. The van der Waals surface area contributed by atoms with E-state index in [1.165, 1.54) is 0 Å². The number of ether oxygens (including phenoxy) is 1. The number of aromatic hydroxyl groups is 1. The number of rotatable bonds is 4. The largest absolute Gasteiger partial charge is 0.508 e. The first kappa shape index (κ1) is 19.8. The number of ketones is 1. The van der Waals surface area contributed by atoms with E-state index in [9.17, 15) is 14.7 Å². The van der Waals surface area contributed by atoms with Crippen LogP contribution in [0.3, 0.4) is 0 Å². The number of Topliss-reactive ketones (excluding diaryl/α,β-unsaturated/α-hetero) is 1. The van der Waals surface area contributed by atoms with Crippen LogP contribution in [0.4, 0.5) is 5.69 Å². The molecule has 1 atom stereocenters. The highest BCUT2D eigenvalue weighted by Gasteiger charge is 2.38. The number of methoxy groups -OCH3 is 1. The van der Waals surface area contributed by atoms with E-state index in [1.807, 2.05) is 19.1 Å². The SMILES string of the molecule is COc1ccccc1NC(=O)C1=C(C)NC2=C(C(=O)CCC2)C1c1ccc(O)cc1. The molecule has 0 fully saturated rings. The van der Waals surface area contributed by atoms with Crippen LogP contribution in [0.2, 0.25) is 0 Å². The van der Waals surface area contributed by atoms with Gasteiger partial charge in [-0.15, -0.1) is 0 Å². The Hall–Kier alpha value is -3.54. The number of para-hydroxylation sites is 2. The van der Waals surface area contributed by atoms with Gasteiger partial charge in [0.2, 0.25) is 0 Å². The van der Waals surface area contributed by atoms with Crippen LogP contribution in [0, 0.1) is 0 Å². The number of phenols is 1. The van der Waals surface area contributed by atoms with Gasteiger partial charge in [0, 0.05) is 34.9 Å². The lowest BCUT2D eigenvalue weighted by atomic mass is 9.75. The summed E-state index contributed by atoms with van der Waals surface area (Å²) >= 11 is 0. The van der Waals surface area contributed by atoms with E-state index < -0.39 is 5.92 Å². The second-order valence-corrected chi connectivity index (χ2v) is 7.51. The van der Waals surface area contributed by atoms with Crippen LogP contribution in [0.15, 0.2) is 71.1 Å². The molecule has 1 amide bonds. The molecule has 4 rings (SSSR count). The number of amides is 1. The van der Waals surface area contributed by atoms with E-state index in [0.29, 0.717) is 34.7 Å². The molecule has 0 saturated heterocycles. The van der Waals surface area contributed by atoms with Crippen LogP contribution in [-0.2, 0) is 9.59 Å². The lowest BCUT2D eigenvalue weighted by Gasteiger charge is -2.34. The Balaban J connectivity index is 1.78. The molecule has 2 aromatic carbocycles. The molecule has 3 N–H and O–H groups in total. The van der Waals surface area contributed by atoms with E-state index in [4.69, 9.17) is 4.74 Å². The molecule has 154 valence electrons. The van der Waals surface area contributed by atoms with E-state index in [0.717, 1.165) is 24.1 Å². The summed E-state index contributed by atoms with van der Waals surface area (Å²) in [5.74, 6) is -0.0472. The Bertz CT molecular complexity index is 1070. The molecule has 0 spiro atoms. The predicted octanol–water partition coefficient (Wildman–Crippen LogP) is 4.01. The third-order valence-electron chi connectivity index (χ3n) is 5.60. The van der Waals surface area contributed by atoms with Crippen molar-refractivity contribution in [3.8, 4) is 11.5 Å². The highest BCUT2D eigenvalue weighted by atomic mass is 16.5. The van der Waals surface area contributed by atoms with Gasteiger partial charge < -0.3 is 20.5 Å². The number of carbonyl (C=O) groups is 2. The number of nitrogens with one attached hydrogen (secondary N) is 2. The molecule has 0 aromatic heterocycles. The number of dihydropyridines is 1. The molecular formula is C24H24N2O4. The maximum Gasteiger partial charge on any atom is 0.254 e. The van der Waals surface area contributed by atoms with Crippen LogP contribution in [-0.4, -0.2) is 23.9 Å². The van der Waals surface area contributed by atoms with Crippen molar-refractivity contribution in [1.82, 2.24) is 5.32 Å². The number of benzene rings is 2. The first-order valence-corrected chi connectivity index (χ1v) is 9.97. The number of anilines is 1. The van der Waals surface area contributed by atoms with Gasteiger partial charge in [-0.05, 0) is 49.6 Å². The van der Waals surface area contributed by atoms with Crippen molar-refractivity contribution in [2.24, 2.45) is 0 Å². The zero-order valence-electron chi connectivity index (χ0n) is 17.0. The van der Waals surface area contributed by atoms with Gasteiger partial charge in [0.1, 0.15) is 11.5 Å². The van der Waals surface area contributed by atoms with Crippen molar-refractivity contribution in [1.29, 1.82) is 0 Å². The summed E-state index contributed by atoms with van der Waals surface area (Å²) < 4.78 is 5.35. The summed E-state index contributed by atoms with van der Waals surface area (Å²) in [5.41, 5.74) is 4.08. The molecule has 30 heavy (non-hydrogen) atoms. The fraction of sp³-hybridized carbons (Fsp3) is 0.250. The van der Waals surface area contributed by atoms with E-state index in [-0.39, 0.29) is 17.4 Å². The molecule has 2 aliphatic rings. The standard InChI is InChI=1S/C24H24N2O4/c1-14-21(24(29)26-17-6-3-4-9-20(17)30-2)22(15-10-12-16(27)13-11-15)23-18(25-14)7-5-8-19(23)28/h3-4,6,9-13,22,25,27H,5,7-8H2,1-2H3,(H,26,29). The van der Waals surface area contributed by atoms with Gasteiger partial charge >= 0.3 is 0 Å². The van der Waals surface area contributed by atoms with Gasteiger partial charge in [0.05, 0.1) is 12.8 Å². The molecule has 6 heteroatoms. The third kappa shape index (κ3) is 3.56. The minimum atomic E-state index is -0.496. The van der Waals surface area contributed by atoms with Crippen molar-refractivity contribution in [2.75, 3.05) is 12.4 Å². The lowest BCUT2D eigenvalue weighted by molar-refractivity contribution is -0.116. The quantitative estimate of drug-likeness (QED) is 0.717. The Morgan fingerprint density at radius 3 is 2.60 bits per heavy atom. The van der Waals surface area contributed by atoms with Crippen LogP contribution < -0.4 is 15.4 Å². The normalized spacial score (nSPS) is 18.6. The van der Waals surface area contributed by atoms with Gasteiger partial charge in [0.25, 0.3) is 5.91 Å². The molecule has 1 heterocycles. The molecule has 1 aliphatic carbocycles. The summed E-state index contributed by atoms with van der Waals surface area (Å²) in [6.45, 7) is 1.85. The zero-order valence-corrected chi connectivity index (χ0v) is 17.0. The average molecular weight is 404 g/mol. The number of hydrogen-bond donors (Lipinski definition) is 3. The van der Waals surface area contributed by atoms with Crippen LogP contribution in [0.5, 0.6) is 11.5 Å². The Kier molecular flexibility index (Phi) is 5.31. The third-order valence-corrected chi connectivity index (χ3v) is 5.60. The molecule has 6 nitrogen and oxygen atoms in total. The highest BCUT2D eigenvalue weighted by Crippen LogP contribution is 2.43. The smallest absolute Gasteiger partial charge is 0.254 e. The summed E-state index contributed by atoms with van der Waals surface area (Å²) in [5, 5.41) is 16.0. The minimum Gasteiger partial charge on any atom is -0.508 e. The monoisotopic (exact) mass is 404 g/mol. The van der Waals surface area contributed by atoms with Crippen molar-refractivity contribution in [3.63, 3.8) is 0 Å². The maximum atomic E-state index is 13.4. The molecule has 0 bridgehead atoms. The summed E-state index contributed by atoms with van der Waals surface area (Å²) in [7, 11) is 1.55. The Morgan fingerprint density at radius 1 is 1.13 bits per heavy atom. The van der Waals surface area contributed by atoms with Gasteiger partial charge in [0.15, 0.2) is 5.78 Å². The predicted molar refractivity (Wildman–Crippen MR) is 114 cm³/mol. The Labute approximate surface area is 175 Å². The van der Waals surface area contributed by atoms with Crippen LogP contribution >= 0.6 is 0 Å². The molecule has 2 aromatic rings. The van der Waals surface area contributed by atoms with Crippen molar-refractivity contribution >= 4 is 17.4 Å². The highest BCUT2D eigenvalue weighted by molar-refractivity contribution is 6.10. The van der Waals surface area contributed by atoms with E-state index >= 15 is 0 Å². The number of carbonyl (C=O) groups excluding carboxylic acids is 2. The summed E-state index contributed by atoms with van der Waals surface area (Å²) in [6.07, 6.45) is 2.03. The molecule has 0 radical (unpaired) electrons. The molecule has 1 aliphatic heterocycles. The van der Waals surface area contributed by atoms with Gasteiger partial charge in [-0.3, -0.25) is 9.59 Å². The minimum absolute atomic E-state index is 0.0527. The van der Waals surface area contributed by atoms with Crippen molar-refractivity contribution in [2.45, 2.75) is 32.1 Å². The first-order valence-electron chi connectivity index (χ1n) is 9.97. The number of hydrogen-bond acceptors (Lipinski definition) is 5. The van der Waals surface area contributed by atoms with Gasteiger partial charge in [-0.1, -0.05) is 24.3 Å². The van der Waals surface area contributed by atoms with Gasteiger partial charge in [-0.2, -0.15) is 0 Å². The second kappa shape index (κ2) is 8.06. The molecule has 0 saturated carbocycles. The Morgan fingerprint density at radius 2 is 1.87 bits per heavy atom. The zero-order chi connectivity index (χ0) is 21.3. The molecular weight excluding hydrogens is 380 g/mol. The van der Waals surface area contributed by atoms with Crippen molar-refractivity contribution < 1.29 is 19.4 Å². The average Bonchev–Trinajstić information content (AvgIpc) is 2.74. The number of allylic oxidation sites excluding steroid dienone is 3. The van der Waals surface area contributed by atoms with Crippen LogP contribution in [0.1, 0.15) is 37.7 Å². The van der Waals surface area contributed by atoms with E-state index in [2.05, 4.69) is 10.6 Å². The topological polar surface area (TPSA) is 87.7 Å². The van der Waals surface area contributed by atoms with Crippen LogP contribution in [0.25, 0.3) is 0 Å². The van der Waals surface area contributed by atoms with E-state index in [1.54, 1.807) is 43.5 Å².